The molecule has 5 nitrogen and oxygen atoms in total. The maximum atomic E-state index is 13.4. The molecule has 2 amide bonds. The fourth-order valence-electron chi connectivity index (χ4n) is 2.08. The largest absolute Gasteiger partial charge is 0.346 e. The average molecular weight is 364 g/mol. The molecule has 0 bridgehead atoms. The van der Waals surface area contributed by atoms with Gasteiger partial charge in [0.1, 0.15) is 11.5 Å². The summed E-state index contributed by atoms with van der Waals surface area (Å²) in [6, 6.07) is 7.27. The van der Waals surface area contributed by atoms with E-state index in [9.17, 15) is 14.0 Å². The number of hydrogen-bond donors (Lipinski definition) is 2. The van der Waals surface area contributed by atoms with E-state index in [1.807, 2.05) is 20.8 Å². The lowest BCUT2D eigenvalue weighted by molar-refractivity contribution is -0.115. The number of amides is 2. The van der Waals surface area contributed by atoms with Gasteiger partial charge in [-0.25, -0.2) is 4.39 Å². The molecule has 0 spiro atoms. The van der Waals surface area contributed by atoms with E-state index in [1.165, 1.54) is 24.4 Å². The molecule has 0 unspecified atom stereocenters. The van der Waals surface area contributed by atoms with E-state index in [0.717, 1.165) is 0 Å². The summed E-state index contributed by atoms with van der Waals surface area (Å²) in [6.07, 6.45) is 1.43. The van der Waals surface area contributed by atoms with Crippen LogP contribution in [-0.4, -0.2) is 22.3 Å². The second kappa shape index (κ2) is 7.61. The molecule has 132 valence electrons. The number of aromatic nitrogens is 1. The minimum atomic E-state index is -0.572. The van der Waals surface area contributed by atoms with Crippen LogP contribution in [0.5, 0.6) is 0 Å². The zero-order valence-electron chi connectivity index (χ0n) is 14.2. The van der Waals surface area contributed by atoms with E-state index >= 15 is 0 Å². The molecule has 0 aliphatic carbocycles. The number of halogens is 2. The minimum absolute atomic E-state index is 0.00722. The van der Waals surface area contributed by atoms with Crippen molar-refractivity contribution in [1.82, 2.24) is 10.3 Å². The third kappa shape index (κ3) is 5.83. The summed E-state index contributed by atoms with van der Waals surface area (Å²) in [7, 11) is 0. The molecule has 2 N–H and O–H groups in total. The average Bonchev–Trinajstić information content (AvgIpc) is 2.49. The van der Waals surface area contributed by atoms with Gasteiger partial charge in [-0.3, -0.25) is 14.6 Å². The topological polar surface area (TPSA) is 71.1 Å². The maximum absolute atomic E-state index is 13.4. The van der Waals surface area contributed by atoms with Crippen molar-refractivity contribution in [2.24, 2.45) is 0 Å². The van der Waals surface area contributed by atoms with Crippen molar-refractivity contribution in [3.63, 3.8) is 0 Å². The van der Waals surface area contributed by atoms with Crippen molar-refractivity contribution in [3.8, 4) is 0 Å². The third-order valence-corrected chi connectivity index (χ3v) is 3.42. The Bertz CT molecular complexity index is 803. The van der Waals surface area contributed by atoms with Crippen LogP contribution in [-0.2, 0) is 11.2 Å². The van der Waals surface area contributed by atoms with Crippen LogP contribution < -0.4 is 10.6 Å². The molecule has 0 aliphatic heterocycles. The molecular formula is C18H19ClFN3O2. The third-order valence-electron chi connectivity index (χ3n) is 3.11. The number of carbonyl (C=O) groups is 2. The van der Waals surface area contributed by atoms with Crippen LogP contribution in [0.15, 0.2) is 36.5 Å². The molecule has 0 radical (unpaired) electrons. The van der Waals surface area contributed by atoms with Crippen molar-refractivity contribution in [3.05, 3.63) is 58.6 Å². The molecule has 1 aromatic heterocycles. The summed E-state index contributed by atoms with van der Waals surface area (Å²) < 4.78 is 13.4. The SMILES string of the molecule is CC(C)(C)NC(=O)c1cc(NC(=O)Cc2ccc(Cl)c(F)c2)ccn1. The van der Waals surface area contributed by atoms with Crippen LogP contribution in [0.3, 0.4) is 0 Å². The number of nitrogens with zero attached hydrogens (tertiary/aromatic N) is 1. The Morgan fingerprint density at radius 1 is 1.20 bits per heavy atom. The van der Waals surface area contributed by atoms with Crippen LogP contribution in [0, 0.1) is 5.82 Å². The second-order valence-electron chi connectivity index (χ2n) is 6.61. The second-order valence-corrected chi connectivity index (χ2v) is 7.01. The van der Waals surface area contributed by atoms with E-state index < -0.39 is 11.4 Å². The van der Waals surface area contributed by atoms with Gasteiger partial charge in [-0.15, -0.1) is 0 Å². The Kier molecular flexibility index (Phi) is 5.74. The van der Waals surface area contributed by atoms with Crippen LogP contribution in [0.1, 0.15) is 36.8 Å². The number of anilines is 1. The standard InChI is InChI=1S/C18H19ClFN3O2/c1-18(2,3)23-17(25)15-10-12(6-7-21-15)22-16(24)9-11-4-5-13(19)14(20)8-11/h4-8,10H,9H2,1-3H3,(H,23,25)(H,21,22,24). The highest BCUT2D eigenvalue weighted by Crippen LogP contribution is 2.16. The van der Waals surface area contributed by atoms with Gasteiger partial charge in [0.05, 0.1) is 11.4 Å². The van der Waals surface area contributed by atoms with Crippen molar-refractivity contribution in [2.75, 3.05) is 5.32 Å². The van der Waals surface area contributed by atoms with Gasteiger partial charge in [-0.1, -0.05) is 17.7 Å². The molecule has 2 rings (SSSR count). The van der Waals surface area contributed by atoms with Gasteiger partial charge in [0.25, 0.3) is 5.91 Å². The number of rotatable bonds is 4. The van der Waals surface area contributed by atoms with Crippen LogP contribution in [0.25, 0.3) is 0 Å². The minimum Gasteiger partial charge on any atom is -0.346 e. The Morgan fingerprint density at radius 3 is 2.56 bits per heavy atom. The lowest BCUT2D eigenvalue weighted by Crippen LogP contribution is -2.40. The predicted molar refractivity (Wildman–Crippen MR) is 95.2 cm³/mol. The van der Waals surface area contributed by atoms with Gasteiger partial charge in [-0.2, -0.15) is 0 Å². The van der Waals surface area contributed by atoms with E-state index in [-0.39, 0.29) is 29.0 Å². The van der Waals surface area contributed by atoms with Gasteiger partial charge in [-0.05, 0) is 50.6 Å². The fraction of sp³-hybridized carbons (Fsp3) is 0.278. The van der Waals surface area contributed by atoms with Gasteiger partial charge in [0, 0.05) is 17.4 Å². The summed E-state index contributed by atoms with van der Waals surface area (Å²) >= 11 is 5.62. The summed E-state index contributed by atoms with van der Waals surface area (Å²) in [5.41, 5.74) is 0.745. The Morgan fingerprint density at radius 2 is 1.92 bits per heavy atom. The first-order chi connectivity index (χ1) is 11.6. The maximum Gasteiger partial charge on any atom is 0.270 e. The highest BCUT2D eigenvalue weighted by atomic mass is 35.5. The molecule has 0 fully saturated rings. The first-order valence-corrected chi connectivity index (χ1v) is 8.04. The summed E-state index contributed by atoms with van der Waals surface area (Å²) in [6.45, 7) is 5.59. The van der Waals surface area contributed by atoms with Gasteiger partial charge in [0.15, 0.2) is 0 Å². The lowest BCUT2D eigenvalue weighted by atomic mass is 10.1. The number of carbonyl (C=O) groups excluding carboxylic acids is 2. The quantitative estimate of drug-likeness (QED) is 0.872. The zero-order valence-corrected chi connectivity index (χ0v) is 14.9. The van der Waals surface area contributed by atoms with Crippen molar-refractivity contribution >= 4 is 29.1 Å². The van der Waals surface area contributed by atoms with Crippen molar-refractivity contribution < 1.29 is 14.0 Å². The first-order valence-electron chi connectivity index (χ1n) is 7.66. The molecule has 0 saturated heterocycles. The zero-order chi connectivity index (χ0) is 18.6. The van der Waals surface area contributed by atoms with E-state index in [2.05, 4.69) is 15.6 Å². The molecule has 7 heteroatoms. The van der Waals surface area contributed by atoms with E-state index in [0.29, 0.717) is 11.3 Å². The number of nitrogens with one attached hydrogen (secondary N) is 2. The molecule has 0 saturated carbocycles. The molecule has 1 aromatic carbocycles. The van der Waals surface area contributed by atoms with E-state index in [1.54, 1.807) is 12.1 Å². The molecular weight excluding hydrogens is 345 g/mol. The fourth-order valence-corrected chi connectivity index (χ4v) is 2.19. The Labute approximate surface area is 150 Å². The van der Waals surface area contributed by atoms with Crippen molar-refractivity contribution in [2.45, 2.75) is 32.7 Å². The van der Waals surface area contributed by atoms with Gasteiger partial charge < -0.3 is 10.6 Å². The summed E-state index contributed by atoms with van der Waals surface area (Å²) in [5.74, 6) is -1.24. The molecule has 1 heterocycles. The van der Waals surface area contributed by atoms with Gasteiger partial charge >= 0.3 is 0 Å². The molecule has 25 heavy (non-hydrogen) atoms. The number of benzene rings is 1. The first kappa shape index (κ1) is 18.9. The van der Waals surface area contributed by atoms with Gasteiger partial charge in [0.2, 0.25) is 5.91 Å². The van der Waals surface area contributed by atoms with Crippen LogP contribution in [0.4, 0.5) is 10.1 Å². The molecule has 2 aromatic rings. The highest BCUT2D eigenvalue weighted by Gasteiger charge is 2.17. The lowest BCUT2D eigenvalue weighted by Gasteiger charge is -2.20. The number of pyridine rings is 1. The summed E-state index contributed by atoms with van der Waals surface area (Å²) in [5, 5.41) is 5.47. The highest BCUT2D eigenvalue weighted by molar-refractivity contribution is 6.30. The Hall–Kier alpha value is -2.47. The monoisotopic (exact) mass is 363 g/mol. The van der Waals surface area contributed by atoms with Crippen LogP contribution >= 0.6 is 11.6 Å². The predicted octanol–water partition coefficient (Wildman–Crippen LogP) is 3.58. The van der Waals surface area contributed by atoms with Crippen LogP contribution in [0.2, 0.25) is 5.02 Å². The Balaban J connectivity index is 2.04. The normalized spacial score (nSPS) is 11.1. The molecule has 0 aliphatic rings. The number of hydrogen-bond acceptors (Lipinski definition) is 3. The smallest absolute Gasteiger partial charge is 0.270 e. The van der Waals surface area contributed by atoms with Crippen molar-refractivity contribution in [1.29, 1.82) is 0 Å². The summed E-state index contributed by atoms with van der Waals surface area (Å²) in [4.78, 5) is 28.2. The molecule has 0 atom stereocenters. The van der Waals surface area contributed by atoms with E-state index in [4.69, 9.17) is 11.6 Å².